The molecular weight excluding hydrogens is 202 g/mol. The van der Waals surface area contributed by atoms with E-state index in [1.54, 1.807) is 12.1 Å². The topological polar surface area (TPSA) is 65.8 Å². The number of nitriles is 1. The van der Waals surface area contributed by atoms with Crippen molar-refractivity contribution in [3.63, 3.8) is 0 Å². The fourth-order valence-corrected chi connectivity index (χ4v) is 1.24. The third-order valence-corrected chi connectivity index (χ3v) is 1.94. The van der Waals surface area contributed by atoms with Crippen LogP contribution in [0.3, 0.4) is 0 Å². The molecule has 1 rings (SSSR count). The molecule has 0 aliphatic heterocycles. The number of nitrogens with zero attached hydrogens (tertiary/aromatic N) is 2. The van der Waals surface area contributed by atoms with Gasteiger partial charge in [0.2, 0.25) is 5.91 Å². The standard InChI is InChI=1S/C12H13N3O/c1-9-11(5-3-4-8-13)6-7-12(14-9)15-10(2)16/h3,5-7H,4H2,1-2H3,(H,14,15,16). The lowest BCUT2D eigenvalue weighted by Gasteiger charge is -2.04. The fourth-order valence-electron chi connectivity index (χ4n) is 1.24. The Balaban J connectivity index is 2.83. The first-order chi connectivity index (χ1) is 7.63. The quantitative estimate of drug-likeness (QED) is 0.841. The molecule has 4 heteroatoms. The van der Waals surface area contributed by atoms with Gasteiger partial charge in [0, 0.05) is 12.6 Å². The van der Waals surface area contributed by atoms with Gasteiger partial charge in [-0.3, -0.25) is 4.79 Å². The SMILES string of the molecule is CC(=O)Nc1ccc(C=CCC#N)c(C)n1. The average Bonchev–Trinajstić information content (AvgIpc) is 2.20. The van der Waals surface area contributed by atoms with Crippen LogP contribution in [-0.2, 0) is 4.79 Å². The van der Waals surface area contributed by atoms with Crippen LogP contribution in [-0.4, -0.2) is 10.9 Å². The number of aromatic nitrogens is 1. The molecule has 16 heavy (non-hydrogen) atoms. The van der Waals surface area contributed by atoms with Crippen LogP contribution in [0.1, 0.15) is 24.6 Å². The summed E-state index contributed by atoms with van der Waals surface area (Å²) in [7, 11) is 0. The minimum absolute atomic E-state index is 0.139. The van der Waals surface area contributed by atoms with E-state index in [1.807, 2.05) is 25.1 Å². The minimum Gasteiger partial charge on any atom is -0.311 e. The largest absolute Gasteiger partial charge is 0.311 e. The van der Waals surface area contributed by atoms with Gasteiger partial charge in [-0.05, 0) is 24.6 Å². The number of anilines is 1. The van der Waals surface area contributed by atoms with Gasteiger partial charge in [-0.25, -0.2) is 4.98 Å². The molecule has 1 aromatic heterocycles. The molecule has 0 aliphatic rings. The van der Waals surface area contributed by atoms with Gasteiger partial charge in [0.1, 0.15) is 5.82 Å². The minimum atomic E-state index is -0.139. The molecule has 0 unspecified atom stereocenters. The number of hydrogen-bond donors (Lipinski definition) is 1. The lowest BCUT2D eigenvalue weighted by Crippen LogP contribution is -2.07. The molecule has 0 atom stereocenters. The Hall–Kier alpha value is -2.15. The Kier molecular flexibility index (Phi) is 4.22. The summed E-state index contributed by atoms with van der Waals surface area (Å²) in [6.45, 7) is 3.30. The summed E-state index contributed by atoms with van der Waals surface area (Å²) in [5.74, 6) is 0.405. The maximum atomic E-state index is 10.8. The molecule has 0 radical (unpaired) electrons. The highest BCUT2D eigenvalue weighted by Crippen LogP contribution is 2.12. The van der Waals surface area contributed by atoms with E-state index >= 15 is 0 Å². The van der Waals surface area contributed by atoms with E-state index in [-0.39, 0.29) is 5.91 Å². The average molecular weight is 215 g/mol. The van der Waals surface area contributed by atoms with Crippen LogP contribution < -0.4 is 5.32 Å². The van der Waals surface area contributed by atoms with Gasteiger partial charge in [0.05, 0.1) is 12.5 Å². The normalized spacial score (nSPS) is 10.1. The maximum absolute atomic E-state index is 10.8. The summed E-state index contributed by atoms with van der Waals surface area (Å²) in [5, 5.41) is 11.0. The van der Waals surface area contributed by atoms with Crippen molar-refractivity contribution >= 4 is 17.8 Å². The number of amides is 1. The van der Waals surface area contributed by atoms with Crippen LogP contribution in [0.25, 0.3) is 6.08 Å². The zero-order valence-electron chi connectivity index (χ0n) is 9.32. The highest BCUT2D eigenvalue weighted by molar-refractivity contribution is 5.87. The van der Waals surface area contributed by atoms with E-state index in [0.717, 1.165) is 11.3 Å². The van der Waals surface area contributed by atoms with Crippen LogP contribution in [0, 0.1) is 18.3 Å². The zero-order chi connectivity index (χ0) is 12.0. The van der Waals surface area contributed by atoms with E-state index in [4.69, 9.17) is 5.26 Å². The maximum Gasteiger partial charge on any atom is 0.222 e. The molecule has 0 bridgehead atoms. The molecule has 4 nitrogen and oxygen atoms in total. The zero-order valence-corrected chi connectivity index (χ0v) is 9.32. The molecule has 0 fully saturated rings. The van der Waals surface area contributed by atoms with Gasteiger partial charge in [0.25, 0.3) is 0 Å². The van der Waals surface area contributed by atoms with Crippen LogP contribution in [0.4, 0.5) is 5.82 Å². The smallest absolute Gasteiger partial charge is 0.222 e. The van der Waals surface area contributed by atoms with Crippen LogP contribution >= 0.6 is 0 Å². The first-order valence-electron chi connectivity index (χ1n) is 4.92. The van der Waals surface area contributed by atoms with E-state index in [1.165, 1.54) is 6.92 Å². The number of hydrogen-bond acceptors (Lipinski definition) is 3. The Morgan fingerprint density at radius 3 is 2.94 bits per heavy atom. The summed E-state index contributed by atoms with van der Waals surface area (Å²) < 4.78 is 0. The van der Waals surface area contributed by atoms with Gasteiger partial charge < -0.3 is 5.32 Å². The van der Waals surface area contributed by atoms with Crippen LogP contribution in [0.5, 0.6) is 0 Å². The molecule has 0 spiro atoms. The van der Waals surface area contributed by atoms with Gasteiger partial charge in [-0.15, -0.1) is 0 Å². The summed E-state index contributed by atoms with van der Waals surface area (Å²) in [6.07, 6.45) is 4.01. The predicted molar refractivity (Wildman–Crippen MR) is 62.5 cm³/mol. The second-order valence-electron chi connectivity index (χ2n) is 3.32. The van der Waals surface area contributed by atoms with Crippen molar-refractivity contribution in [2.24, 2.45) is 0 Å². The van der Waals surface area contributed by atoms with Crippen molar-refractivity contribution in [2.75, 3.05) is 5.32 Å². The van der Waals surface area contributed by atoms with Crippen molar-refractivity contribution in [3.8, 4) is 6.07 Å². The Labute approximate surface area is 94.6 Å². The number of nitrogens with one attached hydrogen (secondary N) is 1. The van der Waals surface area contributed by atoms with Crippen molar-refractivity contribution in [1.29, 1.82) is 5.26 Å². The number of pyridine rings is 1. The summed E-state index contributed by atoms with van der Waals surface area (Å²) >= 11 is 0. The van der Waals surface area contributed by atoms with Crippen LogP contribution in [0.2, 0.25) is 0 Å². The Morgan fingerprint density at radius 1 is 1.62 bits per heavy atom. The van der Waals surface area contributed by atoms with E-state index in [2.05, 4.69) is 10.3 Å². The third-order valence-electron chi connectivity index (χ3n) is 1.94. The second kappa shape index (κ2) is 5.66. The first-order valence-corrected chi connectivity index (χ1v) is 4.92. The van der Waals surface area contributed by atoms with E-state index in [9.17, 15) is 4.79 Å². The van der Waals surface area contributed by atoms with Gasteiger partial charge in [-0.2, -0.15) is 5.26 Å². The Morgan fingerprint density at radius 2 is 2.38 bits per heavy atom. The van der Waals surface area contributed by atoms with Crippen molar-refractivity contribution in [1.82, 2.24) is 4.98 Å². The van der Waals surface area contributed by atoms with Crippen molar-refractivity contribution < 1.29 is 4.79 Å². The summed E-state index contributed by atoms with van der Waals surface area (Å²) in [5.41, 5.74) is 1.77. The molecule has 0 saturated carbocycles. The predicted octanol–water partition coefficient (Wildman–Crippen LogP) is 2.28. The third kappa shape index (κ3) is 3.54. The number of rotatable bonds is 3. The van der Waals surface area contributed by atoms with Gasteiger partial charge in [-0.1, -0.05) is 12.2 Å². The number of allylic oxidation sites excluding steroid dienone is 1. The highest BCUT2D eigenvalue weighted by atomic mass is 16.1. The van der Waals surface area contributed by atoms with Gasteiger partial charge in [0.15, 0.2) is 0 Å². The fraction of sp³-hybridized carbons (Fsp3) is 0.250. The number of aryl methyl sites for hydroxylation is 1. The molecule has 1 N–H and O–H groups in total. The summed E-state index contributed by atoms with van der Waals surface area (Å²) in [6, 6.07) is 5.63. The van der Waals surface area contributed by atoms with E-state index in [0.29, 0.717) is 12.2 Å². The molecule has 1 aromatic rings. The van der Waals surface area contributed by atoms with Gasteiger partial charge >= 0.3 is 0 Å². The summed E-state index contributed by atoms with van der Waals surface area (Å²) in [4.78, 5) is 15.0. The molecule has 0 aromatic carbocycles. The van der Waals surface area contributed by atoms with Crippen LogP contribution in [0.15, 0.2) is 18.2 Å². The molecule has 0 aliphatic carbocycles. The highest BCUT2D eigenvalue weighted by Gasteiger charge is 2.00. The lowest BCUT2D eigenvalue weighted by molar-refractivity contribution is -0.114. The molecule has 1 amide bonds. The van der Waals surface area contributed by atoms with Crippen molar-refractivity contribution in [3.05, 3.63) is 29.5 Å². The van der Waals surface area contributed by atoms with E-state index < -0.39 is 0 Å². The first kappa shape index (κ1) is 11.9. The molecule has 82 valence electrons. The Bertz CT molecular complexity index is 458. The number of carbonyl (C=O) groups is 1. The molecule has 1 heterocycles. The van der Waals surface area contributed by atoms with Crippen molar-refractivity contribution in [2.45, 2.75) is 20.3 Å². The number of carbonyl (C=O) groups excluding carboxylic acids is 1. The second-order valence-corrected chi connectivity index (χ2v) is 3.32. The lowest BCUT2D eigenvalue weighted by atomic mass is 10.2. The molecule has 0 saturated heterocycles. The monoisotopic (exact) mass is 215 g/mol. The molecular formula is C12H13N3O.